The first-order valence-corrected chi connectivity index (χ1v) is 9.15. The number of hydrogen-bond donors (Lipinski definition) is 1. The molecule has 2 rings (SSSR count). The summed E-state index contributed by atoms with van der Waals surface area (Å²) < 4.78 is 25.0. The predicted molar refractivity (Wildman–Crippen MR) is 93.1 cm³/mol. The van der Waals surface area contributed by atoms with Crippen molar-refractivity contribution in [2.45, 2.75) is 31.8 Å². The van der Waals surface area contributed by atoms with E-state index in [1.165, 1.54) is 6.92 Å². The van der Waals surface area contributed by atoms with Crippen LogP contribution in [0, 0.1) is 13.8 Å². The molecule has 0 aliphatic rings. The Hall–Kier alpha value is -2.14. The molecule has 0 saturated heterocycles. The first kappa shape index (κ1) is 17.2. The highest BCUT2D eigenvalue weighted by Gasteiger charge is 2.28. The zero-order chi connectivity index (χ0) is 17.0. The molecular formula is C18H21NO3S. The standard InChI is InChI=1S/C18H21NO3S/c1-13-8-10-17(11-9-13)19-18(20)15(3)23(21,22)12-16-7-5-4-6-14(16)2/h4-11,15H,12H2,1-3H3,(H,19,20)/t15-/m0/s1. The molecule has 122 valence electrons. The van der Waals surface area contributed by atoms with Crippen LogP contribution in [-0.2, 0) is 20.4 Å². The lowest BCUT2D eigenvalue weighted by atomic mass is 10.1. The van der Waals surface area contributed by atoms with Gasteiger partial charge in [0.15, 0.2) is 9.84 Å². The van der Waals surface area contributed by atoms with E-state index in [4.69, 9.17) is 0 Å². The molecule has 0 aliphatic heterocycles. The highest BCUT2D eigenvalue weighted by atomic mass is 32.2. The highest BCUT2D eigenvalue weighted by Crippen LogP contribution is 2.17. The van der Waals surface area contributed by atoms with Crippen LogP contribution in [0.25, 0.3) is 0 Å². The fourth-order valence-electron chi connectivity index (χ4n) is 2.16. The second-order valence-electron chi connectivity index (χ2n) is 5.73. The number of amides is 1. The van der Waals surface area contributed by atoms with Gasteiger partial charge in [0, 0.05) is 5.69 Å². The van der Waals surface area contributed by atoms with Crippen molar-refractivity contribution < 1.29 is 13.2 Å². The van der Waals surface area contributed by atoms with E-state index in [9.17, 15) is 13.2 Å². The summed E-state index contributed by atoms with van der Waals surface area (Å²) in [7, 11) is -3.58. The molecule has 0 fully saturated rings. The normalized spacial score (nSPS) is 12.7. The first-order valence-electron chi connectivity index (χ1n) is 7.43. The topological polar surface area (TPSA) is 63.2 Å². The molecule has 23 heavy (non-hydrogen) atoms. The van der Waals surface area contributed by atoms with Crippen LogP contribution in [0.4, 0.5) is 5.69 Å². The minimum absolute atomic E-state index is 0.137. The van der Waals surface area contributed by atoms with Gasteiger partial charge < -0.3 is 5.32 Å². The Kier molecular flexibility index (Phi) is 5.21. The summed E-state index contributed by atoms with van der Waals surface area (Å²) in [5.41, 5.74) is 3.30. The number of nitrogens with one attached hydrogen (secondary N) is 1. The van der Waals surface area contributed by atoms with Gasteiger partial charge in [-0.3, -0.25) is 4.79 Å². The average molecular weight is 331 g/mol. The van der Waals surface area contributed by atoms with E-state index >= 15 is 0 Å². The predicted octanol–water partition coefficient (Wildman–Crippen LogP) is 3.25. The lowest BCUT2D eigenvalue weighted by Crippen LogP contribution is -2.33. The van der Waals surface area contributed by atoms with Gasteiger partial charge in [-0.15, -0.1) is 0 Å². The third-order valence-corrected chi connectivity index (χ3v) is 5.85. The van der Waals surface area contributed by atoms with Crippen molar-refractivity contribution in [3.8, 4) is 0 Å². The van der Waals surface area contributed by atoms with E-state index in [-0.39, 0.29) is 5.75 Å². The third kappa shape index (κ3) is 4.42. The number of anilines is 1. The van der Waals surface area contributed by atoms with Crippen LogP contribution in [0.3, 0.4) is 0 Å². The van der Waals surface area contributed by atoms with Crippen LogP contribution in [0.5, 0.6) is 0 Å². The molecule has 0 heterocycles. The van der Waals surface area contributed by atoms with Crippen molar-refractivity contribution in [2.75, 3.05) is 5.32 Å². The maximum atomic E-state index is 12.5. The average Bonchev–Trinajstić information content (AvgIpc) is 2.51. The summed E-state index contributed by atoms with van der Waals surface area (Å²) in [4.78, 5) is 12.2. The van der Waals surface area contributed by atoms with Crippen molar-refractivity contribution in [3.63, 3.8) is 0 Å². The Morgan fingerprint density at radius 3 is 2.26 bits per heavy atom. The van der Waals surface area contributed by atoms with E-state index in [2.05, 4.69) is 5.32 Å². The van der Waals surface area contributed by atoms with Crippen LogP contribution in [0.15, 0.2) is 48.5 Å². The molecule has 0 saturated carbocycles. The van der Waals surface area contributed by atoms with Gasteiger partial charge in [0.1, 0.15) is 5.25 Å². The molecule has 0 spiro atoms. The van der Waals surface area contributed by atoms with E-state index in [0.29, 0.717) is 5.69 Å². The molecule has 1 atom stereocenters. The number of sulfone groups is 1. The van der Waals surface area contributed by atoms with Crippen LogP contribution in [0.2, 0.25) is 0 Å². The van der Waals surface area contributed by atoms with Crippen molar-refractivity contribution in [2.24, 2.45) is 0 Å². The summed E-state index contributed by atoms with van der Waals surface area (Å²) in [5, 5.41) is 1.55. The fraction of sp³-hybridized carbons (Fsp3) is 0.278. The smallest absolute Gasteiger partial charge is 0.242 e. The Morgan fingerprint density at radius 2 is 1.65 bits per heavy atom. The Morgan fingerprint density at radius 1 is 1.04 bits per heavy atom. The molecule has 2 aromatic carbocycles. The molecule has 1 N–H and O–H groups in total. The Balaban J connectivity index is 2.11. The fourth-order valence-corrected chi connectivity index (χ4v) is 3.55. The van der Waals surface area contributed by atoms with Gasteiger partial charge in [0.2, 0.25) is 5.91 Å². The molecular weight excluding hydrogens is 310 g/mol. The van der Waals surface area contributed by atoms with Crippen LogP contribution in [0.1, 0.15) is 23.6 Å². The van der Waals surface area contributed by atoms with Crippen molar-refractivity contribution in [1.29, 1.82) is 0 Å². The first-order chi connectivity index (χ1) is 10.8. The maximum absolute atomic E-state index is 12.5. The number of hydrogen-bond acceptors (Lipinski definition) is 3. The van der Waals surface area contributed by atoms with Gasteiger partial charge in [-0.05, 0) is 44.0 Å². The van der Waals surface area contributed by atoms with E-state index < -0.39 is 21.0 Å². The lowest BCUT2D eigenvalue weighted by molar-refractivity contribution is -0.115. The van der Waals surface area contributed by atoms with Gasteiger partial charge in [-0.25, -0.2) is 8.42 Å². The van der Waals surface area contributed by atoms with Crippen molar-refractivity contribution >= 4 is 21.4 Å². The molecule has 0 unspecified atom stereocenters. The molecule has 5 heteroatoms. The van der Waals surface area contributed by atoms with E-state index in [1.54, 1.807) is 24.3 Å². The van der Waals surface area contributed by atoms with Gasteiger partial charge in [-0.1, -0.05) is 42.0 Å². The lowest BCUT2D eigenvalue weighted by Gasteiger charge is -2.14. The largest absolute Gasteiger partial charge is 0.325 e. The molecule has 0 aliphatic carbocycles. The van der Waals surface area contributed by atoms with Gasteiger partial charge in [-0.2, -0.15) is 0 Å². The summed E-state index contributed by atoms with van der Waals surface area (Å²) in [6, 6.07) is 14.5. The molecule has 1 amide bonds. The summed E-state index contributed by atoms with van der Waals surface area (Å²) in [5.74, 6) is -0.648. The summed E-state index contributed by atoms with van der Waals surface area (Å²) >= 11 is 0. The molecule has 0 radical (unpaired) electrons. The zero-order valence-electron chi connectivity index (χ0n) is 13.5. The van der Waals surface area contributed by atoms with E-state index in [0.717, 1.165) is 16.7 Å². The molecule has 4 nitrogen and oxygen atoms in total. The number of carbonyl (C=O) groups excluding carboxylic acids is 1. The van der Waals surface area contributed by atoms with Crippen LogP contribution < -0.4 is 5.32 Å². The maximum Gasteiger partial charge on any atom is 0.242 e. The van der Waals surface area contributed by atoms with Gasteiger partial charge >= 0.3 is 0 Å². The second-order valence-corrected chi connectivity index (χ2v) is 8.05. The summed E-state index contributed by atoms with van der Waals surface area (Å²) in [6.07, 6.45) is 0. The number of carbonyl (C=O) groups is 1. The number of rotatable bonds is 5. The van der Waals surface area contributed by atoms with Crippen molar-refractivity contribution in [3.05, 3.63) is 65.2 Å². The highest BCUT2D eigenvalue weighted by molar-refractivity contribution is 7.92. The number of benzene rings is 2. The minimum atomic E-state index is -3.58. The molecule has 0 aromatic heterocycles. The van der Waals surface area contributed by atoms with E-state index in [1.807, 2.05) is 38.1 Å². The quantitative estimate of drug-likeness (QED) is 0.915. The minimum Gasteiger partial charge on any atom is -0.325 e. The van der Waals surface area contributed by atoms with Crippen molar-refractivity contribution in [1.82, 2.24) is 0 Å². The van der Waals surface area contributed by atoms with Gasteiger partial charge in [0.25, 0.3) is 0 Å². The second kappa shape index (κ2) is 6.96. The monoisotopic (exact) mass is 331 g/mol. The van der Waals surface area contributed by atoms with Crippen LogP contribution in [-0.4, -0.2) is 19.6 Å². The third-order valence-electron chi connectivity index (χ3n) is 3.84. The van der Waals surface area contributed by atoms with Crippen LogP contribution >= 0.6 is 0 Å². The molecule has 2 aromatic rings. The Bertz CT molecular complexity index is 795. The Labute approximate surface area is 137 Å². The van der Waals surface area contributed by atoms with Gasteiger partial charge in [0.05, 0.1) is 5.75 Å². The molecule has 0 bridgehead atoms. The summed E-state index contributed by atoms with van der Waals surface area (Å²) in [6.45, 7) is 5.24. The zero-order valence-corrected chi connectivity index (χ0v) is 14.4. The SMILES string of the molecule is Cc1ccc(NC(=O)[C@H](C)S(=O)(=O)Cc2ccccc2C)cc1. The number of aryl methyl sites for hydroxylation is 2.